The van der Waals surface area contributed by atoms with Gasteiger partial charge in [0.2, 0.25) is 0 Å². The molecule has 0 aromatic rings. The van der Waals surface area contributed by atoms with Crippen LogP contribution in [0.25, 0.3) is 0 Å². The van der Waals surface area contributed by atoms with Gasteiger partial charge in [-0.1, -0.05) is 32.8 Å². The Hall–Kier alpha value is -1.52. The van der Waals surface area contributed by atoms with E-state index in [1.165, 1.54) is 0 Å². The molecule has 5 nitrogen and oxygen atoms in total. The van der Waals surface area contributed by atoms with E-state index in [4.69, 9.17) is 4.74 Å². The zero-order valence-corrected chi connectivity index (χ0v) is 14.6. The topological polar surface area (TPSA) is 75.6 Å². The van der Waals surface area contributed by atoms with Gasteiger partial charge in [-0.2, -0.15) is 0 Å². The molecule has 0 heterocycles. The molecule has 0 aliphatic carbocycles. The average Bonchev–Trinajstić information content (AvgIpc) is 2.35. The molecular weight excluding hydrogens is 282 g/mol. The molecular formula is C17H31NO4. The number of carboxylic acid groups (broad SMARTS) is 1. The third-order valence-corrected chi connectivity index (χ3v) is 2.95. The smallest absolute Gasteiger partial charge is 0.326 e. The minimum atomic E-state index is -1.04. The van der Waals surface area contributed by atoms with Crippen molar-refractivity contribution in [2.24, 2.45) is 0 Å². The van der Waals surface area contributed by atoms with Crippen LogP contribution in [0.3, 0.4) is 0 Å². The van der Waals surface area contributed by atoms with Crippen molar-refractivity contribution in [2.75, 3.05) is 0 Å². The number of esters is 1. The summed E-state index contributed by atoms with van der Waals surface area (Å²) in [5, 5.41) is 12.3. The lowest BCUT2D eigenvalue weighted by Crippen LogP contribution is -2.39. The van der Waals surface area contributed by atoms with Crippen molar-refractivity contribution in [3.8, 4) is 0 Å². The molecule has 0 spiro atoms. The van der Waals surface area contributed by atoms with Crippen molar-refractivity contribution < 1.29 is 19.4 Å². The summed E-state index contributed by atoms with van der Waals surface area (Å²) in [7, 11) is 0. The van der Waals surface area contributed by atoms with Crippen LogP contribution in [0.2, 0.25) is 0 Å². The Kier molecular flexibility index (Phi) is 9.54. The third kappa shape index (κ3) is 10.2. The average molecular weight is 313 g/mol. The van der Waals surface area contributed by atoms with E-state index < -0.39 is 23.6 Å². The summed E-state index contributed by atoms with van der Waals surface area (Å²) in [6.07, 6.45) is 6.66. The lowest BCUT2D eigenvalue weighted by molar-refractivity contribution is -0.158. The highest BCUT2D eigenvalue weighted by molar-refractivity contribution is 5.81. The number of nitrogens with one attached hydrogen (secondary N) is 1. The summed E-state index contributed by atoms with van der Waals surface area (Å²) in [5.74, 6) is -1.54. The van der Waals surface area contributed by atoms with Crippen LogP contribution < -0.4 is 5.32 Å². The molecule has 0 aromatic heterocycles. The predicted molar refractivity (Wildman–Crippen MR) is 87.5 cm³/mol. The quantitative estimate of drug-likeness (QED) is 0.476. The Morgan fingerprint density at radius 3 is 2.32 bits per heavy atom. The fourth-order valence-electron chi connectivity index (χ4n) is 2.02. The Bertz CT molecular complexity index is 383. The molecule has 0 aromatic carbocycles. The summed E-state index contributed by atoms with van der Waals surface area (Å²) < 4.78 is 5.20. The van der Waals surface area contributed by atoms with Crippen molar-refractivity contribution in [3.05, 3.63) is 11.8 Å². The van der Waals surface area contributed by atoms with Gasteiger partial charge >= 0.3 is 11.9 Å². The van der Waals surface area contributed by atoms with Gasteiger partial charge in [0, 0.05) is 5.70 Å². The molecule has 128 valence electrons. The Morgan fingerprint density at radius 1 is 1.23 bits per heavy atom. The minimum absolute atomic E-state index is 0.179. The summed E-state index contributed by atoms with van der Waals surface area (Å²) in [6.45, 7) is 9.42. The summed E-state index contributed by atoms with van der Waals surface area (Å²) in [4.78, 5) is 23.2. The van der Waals surface area contributed by atoms with E-state index in [2.05, 4.69) is 12.2 Å². The fraction of sp³-hybridized carbons (Fsp3) is 0.765. The normalized spacial score (nSPS) is 13.6. The highest BCUT2D eigenvalue weighted by atomic mass is 16.6. The molecule has 0 saturated carbocycles. The molecule has 1 unspecified atom stereocenters. The van der Waals surface area contributed by atoms with E-state index in [1.807, 2.05) is 13.0 Å². The predicted octanol–water partition coefficient (Wildman–Crippen LogP) is 3.64. The molecule has 0 bridgehead atoms. The molecule has 0 fully saturated rings. The van der Waals surface area contributed by atoms with E-state index in [-0.39, 0.29) is 6.42 Å². The van der Waals surface area contributed by atoms with Gasteiger partial charge in [0.15, 0.2) is 0 Å². The van der Waals surface area contributed by atoms with Crippen LogP contribution in [0.15, 0.2) is 11.8 Å². The van der Waals surface area contributed by atoms with Crippen LogP contribution in [0.1, 0.15) is 73.1 Å². The minimum Gasteiger partial charge on any atom is -0.480 e. The van der Waals surface area contributed by atoms with Crippen molar-refractivity contribution in [3.63, 3.8) is 0 Å². The van der Waals surface area contributed by atoms with Crippen LogP contribution in [0.4, 0.5) is 0 Å². The number of aliphatic carboxylic acids is 1. The van der Waals surface area contributed by atoms with Crippen LogP contribution in [0, 0.1) is 0 Å². The first-order valence-corrected chi connectivity index (χ1v) is 8.09. The number of hydrogen-bond acceptors (Lipinski definition) is 4. The van der Waals surface area contributed by atoms with E-state index in [0.29, 0.717) is 0 Å². The molecule has 5 heteroatoms. The van der Waals surface area contributed by atoms with Crippen LogP contribution >= 0.6 is 0 Å². The maximum absolute atomic E-state index is 11.8. The van der Waals surface area contributed by atoms with Gasteiger partial charge < -0.3 is 15.2 Å². The van der Waals surface area contributed by atoms with Crippen molar-refractivity contribution in [1.29, 1.82) is 0 Å². The second-order valence-electron chi connectivity index (χ2n) is 6.42. The van der Waals surface area contributed by atoms with Crippen molar-refractivity contribution in [1.82, 2.24) is 5.32 Å². The van der Waals surface area contributed by atoms with Crippen LogP contribution in [0.5, 0.6) is 0 Å². The number of carboxylic acids is 1. The summed E-state index contributed by atoms with van der Waals surface area (Å²) in [5.41, 5.74) is 0.287. The largest absolute Gasteiger partial charge is 0.480 e. The van der Waals surface area contributed by atoms with Gasteiger partial charge in [-0.15, -0.1) is 0 Å². The SMILES string of the molecule is CC/C=C(/CCCCC)NC(CC(=O)OC(C)(C)C)C(=O)O. The Morgan fingerprint density at radius 2 is 1.86 bits per heavy atom. The number of carbonyl (C=O) groups excluding carboxylic acids is 1. The van der Waals surface area contributed by atoms with Crippen LogP contribution in [-0.2, 0) is 14.3 Å². The number of allylic oxidation sites excluding steroid dienone is 2. The first-order chi connectivity index (χ1) is 10.2. The lowest BCUT2D eigenvalue weighted by Gasteiger charge is -2.22. The first kappa shape index (κ1) is 20.5. The van der Waals surface area contributed by atoms with E-state index in [9.17, 15) is 14.7 Å². The molecule has 0 aliphatic heterocycles. The van der Waals surface area contributed by atoms with Gasteiger partial charge in [0.05, 0.1) is 6.42 Å². The van der Waals surface area contributed by atoms with E-state index in [1.54, 1.807) is 20.8 Å². The number of unbranched alkanes of at least 4 members (excludes halogenated alkanes) is 2. The highest BCUT2D eigenvalue weighted by Crippen LogP contribution is 2.12. The number of hydrogen-bond donors (Lipinski definition) is 2. The molecule has 22 heavy (non-hydrogen) atoms. The molecule has 0 aliphatic rings. The van der Waals surface area contributed by atoms with Crippen molar-refractivity contribution in [2.45, 2.75) is 84.8 Å². The zero-order chi connectivity index (χ0) is 17.2. The van der Waals surface area contributed by atoms with Gasteiger partial charge in [0.25, 0.3) is 0 Å². The van der Waals surface area contributed by atoms with Gasteiger partial charge in [-0.3, -0.25) is 4.79 Å². The Labute approximate surface area is 134 Å². The summed E-state index contributed by atoms with van der Waals surface area (Å²) in [6, 6.07) is -0.950. The van der Waals surface area contributed by atoms with Gasteiger partial charge in [-0.05, 0) is 40.0 Å². The molecule has 0 rings (SSSR count). The molecule has 1 atom stereocenters. The fourth-order valence-corrected chi connectivity index (χ4v) is 2.02. The van der Waals surface area contributed by atoms with Crippen LogP contribution in [-0.4, -0.2) is 28.7 Å². The second-order valence-corrected chi connectivity index (χ2v) is 6.42. The molecule has 0 saturated heterocycles. The first-order valence-electron chi connectivity index (χ1n) is 8.09. The summed E-state index contributed by atoms with van der Waals surface area (Å²) >= 11 is 0. The van der Waals surface area contributed by atoms with Gasteiger partial charge in [0.1, 0.15) is 11.6 Å². The standard InChI is InChI=1S/C17H31NO4/c1-6-8-9-11-13(10-7-2)18-14(16(20)21)12-15(19)22-17(3,4)5/h10,14,18H,6-9,11-12H2,1-5H3,(H,20,21)/b13-10-. The number of rotatable bonds is 10. The maximum Gasteiger partial charge on any atom is 0.326 e. The second kappa shape index (κ2) is 10.2. The molecule has 0 amide bonds. The number of ether oxygens (including phenoxy) is 1. The third-order valence-electron chi connectivity index (χ3n) is 2.95. The van der Waals surface area contributed by atoms with E-state index >= 15 is 0 Å². The zero-order valence-electron chi connectivity index (χ0n) is 14.6. The molecule has 2 N–H and O–H groups in total. The lowest BCUT2D eigenvalue weighted by atomic mass is 10.1. The van der Waals surface area contributed by atoms with Crippen molar-refractivity contribution >= 4 is 11.9 Å². The highest BCUT2D eigenvalue weighted by Gasteiger charge is 2.25. The van der Waals surface area contributed by atoms with E-state index in [0.717, 1.165) is 37.8 Å². The molecule has 0 radical (unpaired) electrons. The number of carbonyl (C=O) groups is 2. The monoisotopic (exact) mass is 313 g/mol. The maximum atomic E-state index is 11.8. The Balaban J connectivity index is 4.69. The van der Waals surface area contributed by atoms with Gasteiger partial charge in [-0.25, -0.2) is 4.79 Å².